The van der Waals surface area contributed by atoms with Crippen molar-refractivity contribution in [2.45, 2.75) is 44.8 Å². The van der Waals surface area contributed by atoms with Gasteiger partial charge in [0.05, 0.1) is 34.4 Å². The summed E-state index contributed by atoms with van der Waals surface area (Å²) >= 11 is 1.47. The minimum atomic E-state index is -4.61. The highest BCUT2D eigenvalue weighted by atomic mass is 32.1. The molecular weight excluding hydrogens is 539 g/mol. The summed E-state index contributed by atoms with van der Waals surface area (Å²) < 4.78 is 42.9. The zero-order valence-electron chi connectivity index (χ0n) is 21.8. The number of hydrogen-bond acceptors (Lipinski definition) is 7. The molecule has 0 bridgehead atoms. The normalized spacial score (nSPS) is 18.8. The predicted octanol–water partition coefficient (Wildman–Crippen LogP) is 6.20. The van der Waals surface area contributed by atoms with E-state index in [1.807, 2.05) is 43.3 Å². The van der Waals surface area contributed by atoms with E-state index in [0.717, 1.165) is 43.6 Å². The third-order valence-corrected chi connectivity index (χ3v) is 8.47. The van der Waals surface area contributed by atoms with Crippen LogP contribution in [0.3, 0.4) is 0 Å². The monoisotopic (exact) mass is 567 g/mol. The minimum Gasteiger partial charge on any atom is -0.381 e. The molecule has 1 fully saturated rings. The van der Waals surface area contributed by atoms with Crippen LogP contribution in [0.25, 0.3) is 38.3 Å². The molecule has 5 heterocycles. The average molecular weight is 568 g/mol. The Kier molecular flexibility index (Phi) is 6.97. The first-order valence-electron chi connectivity index (χ1n) is 13.2. The Balaban J connectivity index is 1.29. The van der Waals surface area contributed by atoms with E-state index in [4.69, 9.17) is 4.98 Å². The summed E-state index contributed by atoms with van der Waals surface area (Å²) in [5.74, 6) is -0.0650. The number of nitrogens with zero attached hydrogens (tertiary/aromatic N) is 3. The number of pyridine rings is 2. The summed E-state index contributed by atoms with van der Waals surface area (Å²) in [6.07, 6.45) is -3.10. The number of benzene rings is 1. The molecule has 0 saturated carbocycles. The molecule has 0 aliphatic carbocycles. The highest BCUT2D eigenvalue weighted by molar-refractivity contribution is 7.21. The van der Waals surface area contributed by atoms with Gasteiger partial charge >= 0.3 is 6.36 Å². The van der Waals surface area contributed by atoms with E-state index >= 15 is 0 Å². The fourth-order valence-corrected chi connectivity index (χ4v) is 6.53. The number of rotatable bonds is 5. The first-order chi connectivity index (χ1) is 19.2. The fourth-order valence-electron chi connectivity index (χ4n) is 5.43. The molecule has 1 atom stereocenters. The Labute approximate surface area is 233 Å². The number of halogens is 3. The molecule has 3 aromatic heterocycles. The van der Waals surface area contributed by atoms with Gasteiger partial charge in [-0.3, -0.25) is 19.4 Å². The SMILES string of the molecule is C=Cc1cc(-c2ccc3c(ccc4sc5c(c43)NC[C@@H](C)NC5=O)n2)cc(CN2CCC(OC(F)(F)F)CC2)n1. The van der Waals surface area contributed by atoms with E-state index in [-0.39, 0.29) is 11.9 Å². The van der Waals surface area contributed by atoms with Crippen LogP contribution >= 0.6 is 11.3 Å². The number of ether oxygens (including phenoxy) is 1. The number of thiophene rings is 1. The number of likely N-dealkylation sites (tertiary alicyclic amines) is 1. The van der Waals surface area contributed by atoms with Crippen molar-refractivity contribution >= 4 is 50.0 Å². The number of aromatic nitrogens is 2. The van der Waals surface area contributed by atoms with Gasteiger partial charge in [-0.1, -0.05) is 6.58 Å². The molecule has 0 unspecified atom stereocenters. The predicted molar refractivity (Wildman–Crippen MR) is 151 cm³/mol. The first kappa shape index (κ1) is 26.7. The van der Waals surface area contributed by atoms with Crippen LogP contribution in [0.4, 0.5) is 18.9 Å². The molecule has 1 amide bonds. The third kappa shape index (κ3) is 5.41. The molecule has 4 aromatic rings. The van der Waals surface area contributed by atoms with Crippen LogP contribution in [0.2, 0.25) is 0 Å². The summed E-state index contributed by atoms with van der Waals surface area (Å²) in [7, 11) is 0. The van der Waals surface area contributed by atoms with Gasteiger partial charge in [-0.05, 0) is 62.2 Å². The summed E-state index contributed by atoms with van der Waals surface area (Å²) in [4.78, 5) is 25.2. The van der Waals surface area contributed by atoms with Gasteiger partial charge in [0, 0.05) is 53.3 Å². The lowest BCUT2D eigenvalue weighted by atomic mass is 10.0. The lowest BCUT2D eigenvalue weighted by molar-refractivity contribution is -0.345. The van der Waals surface area contributed by atoms with Crippen molar-refractivity contribution in [3.63, 3.8) is 0 Å². The van der Waals surface area contributed by atoms with E-state index in [2.05, 4.69) is 31.8 Å². The number of carbonyl (C=O) groups is 1. The molecule has 2 aliphatic heterocycles. The number of fused-ring (bicyclic) bond motifs is 5. The first-order valence-corrected chi connectivity index (χ1v) is 14.0. The molecule has 7 nitrogen and oxygen atoms in total. The van der Waals surface area contributed by atoms with Crippen molar-refractivity contribution in [1.29, 1.82) is 0 Å². The van der Waals surface area contributed by atoms with Crippen molar-refractivity contribution in [2.24, 2.45) is 0 Å². The zero-order valence-corrected chi connectivity index (χ0v) is 22.7. The van der Waals surface area contributed by atoms with Crippen LogP contribution in [-0.4, -0.2) is 58.9 Å². The molecular formula is C29H28F3N5O2S. The van der Waals surface area contributed by atoms with E-state index in [1.54, 1.807) is 6.08 Å². The Bertz CT molecular complexity index is 1610. The third-order valence-electron chi connectivity index (χ3n) is 7.31. The lowest BCUT2D eigenvalue weighted by Gasteiger charge is -2.31. The minimum absolute atomic E-state index is 0.0291. The van der Waals surface area contributed by atoms with E-state index in [9.17, 15) is 18.0 Å². The van der Waals surface area contributed by atoms with Crippen LogP contribution in [0.5, 0.6) is 0 Å². The molecule has 0 radical (unpaired) electrons. The number of hydrogen-bond donors (Lipinski definition) is 2. The second-order valence-corrected chi connectivity index (χ2v) is 11.3. The van der Waals surface area contributed by atoms with E-state index in [0.29, 0.717) is 49.6 Å². The number of carbonyl (C=O) groups excluding carboxylic acids is 1. The lowest BCUT2D eigenvalue weighted by Crippen LogP contribution is -2.38. The Morgan fingerprint density at radius 1 is 1.18 bits per heavy atom. The number of anilines is 1. The van der Waals surface area contributed by atoms with E-state index < -0.39 is 12.5 Å². The Morgan fingerprint density at radius 3 is 2.73 bits per heavy atom. The van der Waals surface area contributed by atoms with Gasteiger partial charge in [0.25, 0.3) is 5.91 Å². The maximum Gasteiger partial charge on any atom is 0.522 e. The Hall–Kier alpha value is -3.54. The molecule has 40 heavy (non-hydrogen) atoms. The molecule has 1 aromatic carbocycles. The topological polar surface area (TPSA) is 79.4 Å². The molecule has 11 heteroatoms. The molecule has 6 rings (SSSR count). The van der Waals surface area contributed by atoms with Crippen molar-refractivity contribution in [3.8, 4) is 11.3 Å². The second-order valence-electron chi connectivity index (χ2n) is 10.3. The maximum absolute atomic E-state index is 12.7. The fraction of sp³-hybridized carbons (Fsp3) is 0.345. The highest BCUT2D eigenvalue weighted by Gasteiger charge is 2.35. The van der Waals surface area contributed by atoms with Crippen molar-refractivity contribution in [2.75, 3.05) is 25.0 Å². The molecule has 2 aliphatic rings. The number of alkyl halides is 3. The molecule has 1 saturated heterocycles. The van der Waals surface area contributed by atoms with Gasteiger partial charge in [-0.25, -0.2) is 4.98 Å². The number of amides is 1. The molecule has 208 valence electrons. The van der Waals surface area contributed by atoms with Crippen LogP contribution in [0.15, 0.2) is 43.0 Å². The van der Waals surface area contributed by atoms with Crippen molar-refractivity contribution in [3.05, 3.63) is 59.2 Å². The van der Waals surface area contributed by atoms with Gasteiger partial charge in [-0.2, -0.15) is 0 Å². The number of piperidine rings is 1. The highest BCUT2D eigenvalue weighted by Crippen LogP contribution is 2.41. The van der Waals surface area contributed by atoms with Gasteiger partial charge < -0.3 is 10.6 Å². The smallest absolute Gasteiger partial charge is 0.381 e. The zero-order chi connectivity index (χ0) is 28.0. The van der Waals surface area contributed by atoms with E-state index in [1.165, 1.54) is 11.3 Å². The van der Waals surface area contributed by atoms with Gasteiger partial charge in [0.1, 0.15) is 4.88 Å². The van der Waals surface area contributed by atoms with Crippen molar-refractivity contribution in [1.82, 2.24) is 20.2 Å². The van der Waals surface area contributed by atoms with Crippen LogP contribution in [-0.2, 0) is 11.3 Å². The molecule has 0 spiro atoms. The number of nitrogens with one attached hydrogen (secondary N) is 2. The summed E-state index contributed by atoms with van der Waals surface area (Å²) in [6, 6.07) is 11.9. The largest absolute Gasteiger partial charge is 0.522 e. The summed E-state index contributed by atoms with van der Waals surface area (Å²) in [5, 5.41) is 8.44. The van der Waals surface area contributed by atoms with Crippen LogP contribution in [0, 0.1) is 0 Å². The van der Waals surface area contributed by atoms with Gasteiger partial charge in [0.2, 0.25) is 0 Å². The standard InChI is InChI=1S/C29H28F3N5O2S/c1-3-18-12-17(13-19(35-18)15-37-10-8-20(9-11-37)39-29(30,31)32)22-5-4-21-23(36-22)6-7-24-25(21)26-27(40-24)28(38)34-16(2)14-33-26/h3-7,12-13,16,20,33H,1,8-11,14-15H2,2H3,(H,34,38)/t16-/m1/s1. The van der Waals surface area contributed by atoms with Gasteiger partial charge in [-0.15, -0.1) is 24.5 Å². The average Bonchev–Trinajstić information content (AvgIpc) is 3.24. The molecule has 2 N–H and O–H groups in total. The summed E-state index contributed by atoms with van der Waals surface area (Å²) in [5.41, 5.74) is 4.83. The second kappa shape index (κ2) is 10.5. The summed E-state index contributed by atoms with van der Waals surface area (Å²) in [6.45, 7) is 7.99. The van der Waals surface area contributed by atoms with Crippen molar-refractivity contribution < 1.29 is 22.7 Å². The van der Waals surface area contributed by atoms with Crippen LogP contribution in [0.1, 0.15) is 40.8 Å². The maximum atomic E-state index is 12.7. The van der Waals surface area contributed by atoms with Gasteiger partial charge in [0.15, 0.2) is 0 Å². The quantitative estimate of drug-likeness (QED) is 0.299. The Morgan fingerprint density at radius 2 is 1.98 bits per heavy atom. The van der Waals surface area contributed by atoms with Crippen LogP contribution < -0.4 is 10.6 Å².